The van der Waals surface area contributed by atoms with Crippen LogP contribution in [0.1, 0.15) is 0 Å². The molecule has 0 aliphatic carbocycles. The second-order valence-corrected chi connectivity index (χ2v) is 4.61. The van der Waals surface area contributed by atoms with E-state index < -0.39 is 0 Å². The number of methoxy groups -OCH3 is 1. The first-order valence-electron chi connectivity index (χ1n) is 6.37. The van der Waals surface area contributed by atoms with E-state index in [1.165, 1.54) is 0 Å². The average Bonchev–Trinajstić information content (AvgIpc) is 2.48. The summed E-state index contributed by atoms with van der Waals surface area (Å²) in [4.78, 5) is 6.25. The van der Waals surface area contributed by atoms with Crippen molar-refractivity contribution in [3.8, 4) is 16.9 Å². The Morgan fingerprint density at radius 2 is 1.80 bits per heavy atom. The Morgan fingerprint density at radius 1 is 1.10 bits per heavy atom. The molecular weight excluding hydrogens is 250 g/mol. The monoisotopic (exact) mass is 269 g/mol. The molecule has 2 aromatic carbocycles. The zero-order chi connectivity index (χ0) is 14.5. The molecule has 0 bridgehead atoms. The molecule has 0 fully saturated rings. The Balaban J connectivity index is 2.55. The lowest BCUT2D eigenvalue weighted by Crippen LogP contribution is -2.29. The number of hydrogen-bond donors (Lipinski definition) is 1. The molecule has 0 heterocycles. The predicted octanol–water partition coefficient (Wildman–Crippen LogP) is 2.87. The van der Waals surface area contributed by atoms with E-state index in [2.05, 4.69) is 4.99 Å². The third-order valence-electron chi connectivity index (χ3n) is 2.98. The van der Waals surface area contributed by atoms with Gasteiger partial charge in [-0.2, -0.15) is 0 Å². The zero-order valence-corrected chi connectivity index (χ0v) is 12.0. The van der Waals surface area contributed by atoms with Crippen LogP contribution >= 0.6 is 0 Å². The molecule has 0 saturated heterocycles. The lowest BCUT2D eigenvalue weighted by Gasteiger charge is -2.13. The SMILES string of the molecule is COc1ccc(N=C(N)N(C)C)c(-c2ccccc2)c1. The smallest absolute Gasteiger partial charge is 0.195 e. The van der Waals surface area contributed by atoms with Gasteiger partial charge in [0.2, 0.25) is 0 Å². The first kappa shape index (κ1) is 13.9. The molecule has 104 valence electrons. The Kier molecular flexibility index (Phi) is 4.25. The van der Waals surface area contributed by atoms with Crippen LogP contribution in [0.5, 0.6) is 5.75 Å². The lowest BCUT2D eigenvalue weighted by atomic mass is 10.0. The van der Waals surface area contributed by atoms with Gasteiger partial charge in [0.05, 0.1) is 12.8 Å². The first-order valence-corrected chi connectivity index (χ1v) is 6.37. The number of nitrogens with two attached hydrogens (primary N) is 1. The lowest BCUT2D eigenvalue weighted by molar-refractivity contribution is 0.415. The summed E-state index contributed by atoms with van der Waals surface area (Å²) in [5, 5.41) is 0. The van der Waals surface area contributed by atoms with E-state index in [-0.39, 0.29) is 0 Å². The number of hydrogen-bond acceptors (Lipinski definition) is 2. The van der Waals surface area contributed by atoms with Gasteiger partial charge in [0.25, 0.3) is 0 Å². The van der Waals surface area contributed by atoms with Crippen LogP contribution in [0, 0.1) is 0 Å². The molecule has 2 N–H and O–H groups in total. The van der Waals surface area contributed by atoms with Gasteiger partial charge < -0.3 is 15.4 Å². The van der Waals surface area contributed by atoms with E-state index in [0.717, 1.165) is 22.6 Å². The van der Waals surface area contributed by atoms with E-state index in [0.29, 0.717) is 5.96 Å². The van der Waals surface area contributed by atoms with Crippen molar-refractivity contribution in [3.63, 3.8) is 0 Å². The van der Waals surface area contributed by atoms with Gasteiger partial charge in [-0.3, -0.25) is 0 Å². The van der Waals surface area contributed by atoms with Gasteiger partial charge in [-0.15, -0.1) is 0 Å². The zero-order valence-electron chi connectivity index (χ0n) is 12.0. The fraction of sp³-hybridized carbons (Fsp3) is 0.188. The minimum Gasteiger partial charge on any atom is -0.497 e. The molecule has 2 rings (SSSR count). The molecule has 0 atom stereocenters. The third kappa shape index (κ3) is 3.09. The molecule has 20 heavy (non-hydrogen) atoms. The fourth-order valence-corrected chi connectivity index (χ4v) is 1.81. The fourth-order valence-electron chi connectivity index (χ4n) is 1.81. The van der Waals surface area contributed by atoms with Gasteiger partial charge in [-0.25, -0.2) is 4.99 Å². The van der Waals surface area contributed by atoms with Crippen molar-refractivity contribution in [2.45, 2.75) is 0 Å². The minimum absolute atomic E-state index is 0.465. The molecule has 0 aromatic heterocycles. The van der Waals surface area contributed by atoms with Crippen molar-refractivity contribution in [3.05, 3.63) is 48.5 Å². The normalized spacial score (nSPS) is 11.2. The molecule has 0 amide bonds. The number of ether oxygens (including phenoxy) is 1. The van der Waals surface area contributed by atoms with Crippen molar-refractivity contribution in [2.75, 3.05) is 21.2 Å². The molecule has 4 heteroatoms. The Hall–Kier alpha value is -2.49. The highest BCUT2D eigenvalue weighted by Crippen LogP contribution is 2.33. The van der Waals surface area contributed by atoms with E-state index >= 15 is 0 Å². The van der Waals surface area contributed by atoms with Gasteiger partial charge >= 0.3 is 0 Å². The highest BCUT2D eigenvalue weighted by Gasteiger charge is 2.07. The third-order valence-corrected chi connectivity index (χ3v) is 2.98. The minimum atomic E-state index is 0.465. The van der Waals surface area contributed by atoms with Crippen LogP contribution in [-0.4, -0.2) is 32.1 Å². The maximum Gasteiger partial charge on any atom is 0.195 e. The number of aliphatic imine (C=N–C) groups is 1. The standard InChI is InChI=1S/C16H19N3O/c1-19(2)16(17)18-15-10-9-13(20-3)11-14(15)12-7-5-4-6-8-12/h4-11H,1-3H3,(H2,17,18). The van der Waals surface area contributed by atoms with Crippen LogP contribution in [-0.2, 0) is 0 Å². The summed E-state index contributed by atoms with van der Waals surface area (Å²) in [6.07, 6.45) is 0. The quantitative estimate of drug-likeness (QED) is 0.688. The topological polar surface area (TPSA) is 50.9 Å². The molecule has 0 saturated carbocycles. The summed E-state index contributed by atoms with van der Waals surface area (Å²) < 4.78 is 5.29. The van der Waals surface area contributed by atoms with Crippen molar-refractivity contribution in [2.24, 2.45) is 10.7 Å². The van der Waals surface area contributed by atoms with Gasteiger partial charge in [0.15, 0.2) is 5.96 Å². The van der Waals surface area contributed by atoms with Crippen molar-refractivity contribution < 1.29 is 4.74 Å². The van der Waals surface area contributed by atoms with E-state index in [4.69, 9.17) is 10.5 Å². The Bertz CT molecular complexity index is 606. The molecular formula is C16H19N3O. The summed E-state index contributed by atoms with van der Waals surface area (Å²) in [6.45, 7) is 0. The van der Waals surface area contributed by atoms with Gasteiger partial charge in [-0.1, -0.05) is 30.3 Å². The second-order valence-electron chi connectivity index (χ2n) is 4.61. The van der Waals surface area contributed by atoms with E-state index in [1.807, 2.05) is 62.6 Å². The van der Waals surface area contributed by atoms with Crippen LogP contribution in [0.15, 0.2) is 53.5 Å². The molecule has 0 spiro atoms. The van der Waals surface area contributed by atoms with E-state index in [1.54, 1.807) is 12.0 Å². The van der Waals surface area contributed by atoms with Crippen LogP contribution in [0.25, 0.3) is 11.1 Å². The highest BCUT2D eigenvalue weighted by molar-refractivity contribution is 5.85. The number of guanidine groups is 1. The number of nitrogens with zero attached hydrogens (tertiary/aromatic N) is 2. The molecule has 2 aromatic rings. The van der Waals surface area contributed by atoms with Gasteiger partial charge in [0, 0.05) is 19.7 Å². The van der Waals surface area contributed by atoms with Crippen LogP contribution in [0.4, 0.5) is 5.69 Å². The summed E-state index contributed by atoms with van der Waals surface area (Å²) >= 11 is 0. The van der Waals surface area contributed by atoms with E-state index in [9.17, 15) is 0 Å². The largest absolute Gasteiger partial charge is 0.497 e. The van der Waals surface area contributed by atoms with Crippen LogP contribution < -0.4 is 10.5 Å². The molecule has 4 nitrogen and oxygen atoms in total. The van der Waals surface area contributed by atoms with Gasteiger partial charge in [-0.05, 0) is 23.8 Å². The molecule has 0 radical (unpaired) electrons. The summed E-state index contributed by atoms with van der Waals surface area (Å²) in [6, 6.07) is 15.8. The summed E-state index contributed by atoms with van der Waals surface area (Å²) in [5.74, 6) is 1.26. The predicted molar refractivity (Wildman–Crippen MR) is 83.4 cm³/mol. The van der Waals surface area contributed by atoms with Gasteiger partial charge in [0.1, 0.15) is 5.75 Å². The van der Waals surface area contributed by atoms with Crippen LogP contribution in [0.3, 0.4) is 0 Å². The average molecular weight is 269 g/mol. The summed E-state index contributed by atoms with van der Waals surface area (Å²) in [7, 11) is 5.39. The summed E-state index contributed by atoms with van der Waals surface area (Å²) in [5.41, 5.74) is 8.81. The molecule has 0 aliphatic rings. The maximum atomic E-state index is 5.91. The highest BCUT2D eigenvalue weighted by atomic mass is 16.5. The molecule has 0 aliphatic heterocycles. The molecule has 0 unspecified atom stereocenters. The number of rotatable bonds is 3. The second kappa shape index (κ2) is 6.10. The van der Waals surface area contributed by atoms with Crippen molar-refractivity contribution in [1.29, 1.82) is 0 Å². The maximum absolute atomic E-state index is 5.91. The van der Waals surface area contributed by atoms with Crippen LogP contribution in [0.2, 0.25) is 0 Å². The number of benzene rings is 2. The Morgan fingerprint density at radius 3 is 2.40 bits per heavy atom. The van der Waals surface area contributed by atoms with Crippen molar-refractivity contribution >= 4 is 11.6 Å². The Labute approximate surface area is 119 Å². The first-order chi connectivity index (χ1) is 9.61. The van der Waals surface area contributed by atoms with Crippen molar-refractivity contribution in [1.82, 2.24) is 4.90 Å².